The summed E-state index contributed by atoms with van der Waals surface area (Å²) >= 11 is 1.10. The number of allylic oxidation sites excluding steroid dienone is 1. The number of rotatable bonds is 6. The van der Waals surface area contributed by atoms with Crippen LogP contribution in [0.5, 0.6) is 0 Å². The number of nitrogens with one attached hydrogen (secondary N) is 2. The summed E-state index contributed by atoms with van der Waals surface area (Å²) in [6.07, 6.45) is 0.960. The molecule has 0 aliphatic carbocycles. The average molecular weight is 397 g/mol. The normalized spacial score (nSPS) is 19.2. The van der Waals surface area contributed by atoms with Gasteiger partial charge in [0.2, 0.25) is 11.8 Å². The van der Waals surface area contributed by atoms with Crippen LogP contribution >= 0.6 is 11.8 Å². The molecule has 6 nitrogen and oxygen atoms in total. The Bertz CT molecular complexity index is 892. The molecule has 1 aliphatic heterocycles. The fourth-order valence-electron chi connectivity index (χ4n) is 3.12. The number of para-hydroxylation sites is 1. The Hall–Kier alpha value is -2.77. The van der Waals surface area contributed by atoms with E-state index in [0.717, 1.165) is 29.4 Å². The van der Waals surface area contributed by atoms with Crippen molar-refractivity contribution in [3.63, 3.8) is 0 Å². The predicted octanol–water partition coefficient (Wildman–Crippen LogP) is 3.90. The molecule has 2 rings (SSSR count). The van der Waals surface area contributed by atoms with Crippen LogP contribution in [0.2, 0.25) is 0 Å². The van der Waals surface area contributed by atoms with Gasteiger partial charge in [0.05, 0.1) is 28.5 Å². The molecule has 0 saturated heterocycles. The van der Waals surface area contributed by atoms with E-state index in [4.69, 9.17) is 0 Å². The zero-order chi connectivity index (χ0) is 20.9. The maximum atomic E-state index is 12.5. The van der Waals surface area contributed by atoms with Crippen LogP contribution in [0.1, 0.15) is 45.6 Å². The Morgan fingerprint density at radius 3 is 2.64 bits per heavy atom. The standard InChI is InChI=1S/C21H24N4O2S/c1-5-13(2)14-8-6-7-9-17(14)24-18(26)12-28-20-16(11-23)21(3,4)15(10-22)19(27)25-20/h6-9,13,15H,5,12H2,1-4H3,(H,24,26)(H,25,27)/t13-,15+/m1/s1. The minimum Gasteiger partial charge on any atom is -0.325 e. The molecular formula is C21H24N4O2S. The number of amides is 2. The van der Waals surface area contributed by atoms with Crippen molar-refractivity contribution < 1.29 is 9.59 Å². The summed E-state index contributed by atoms with van der Waals surface area (Å²) in [6, 6.07) is 11.7. The maximum Gasteiger partial charge on any atom is 0.243 e. The lowest BCUT2D eigenvalue weighted by Crippen LogP contribution is -2.44. The highest BCUT2D eigenvalue weighted by molar-refractivity contribution is 8.03. The van der Waals surface area contributed by atoms with Gasteiger partial charge in [0.15, 0.2) is 0 Å². The summed E-state index contributed by atoms with van der Waals surface area (Å²) < 4.78 is 0. The fraction of sp³-hybridized carbons (Fsp3) is 0.429. The molecule has 0 aromatic heterocycles. The predicted molar refractivity (Wildman–Crippen MR) is 110 cm³/mol. The summed E-state index contributed by atoms with van der Waals surface area (Å²) in [5.41, 5.74) is 1.25. The van der Waals surface area contributed by atoms with Crippen LogP contribution in [0.25, 0.3) is 0 Å². The van der Waals surface area contributed by atoms with Gasteiger partial charge in [-0.3, -0.25) is 9.59 Å². The van der Waals surface area contributed by atoms with Gasteiger partial charge in [0.1, 0.15) is 5.92 Å². The van der Waals surface area contributed by atoms with Crippen LogP contribution < -0.4 is 10.6 Å². The van der Waals surface area contributed by atoms with Crippen molar-refractivity contribution in [2.75, 3.05) is 11.1 Å². The topological polar surface area (TPSA) is 106 Å². The van der Waals surface area contributed by atoms with Crippen LogP contribution in [0.15, 0.2) is 34.9 Å². The highest BCUT2D eigenvalue weighted by Gasteiger charge is 2.44. The van der Waals surface area contributed by atoms with E-state index in [0.29, 0.717) is 16.5 Å². The summed E-state index contributed by atoms with van der Waals surface area (Å²) in [6.45, 7) is 7.59. The van der Waals surface area contributed by atoms with Crippen molar-refractivity contribution in [3.05, 3.63) is 40.4 Å². The Morgan fingerprint density at radius 2 is 2.04 bits per heavy atom. The number of anilines is 1. The van der Waals surface area contributed by atoms with E-state index in [1.807, 2.05) is 30.3 Å². The van der Waals surface area contributed by atoms with Crippen LogP contribution in [0.4, 0.5) is 5.69 Å². The van der Waals surface area contributed by atoms with Gasteiger partial charge >= 0.3 is 0 Å². The van der Waals surface area contributed by atoms with Gasteiger partial charge in [0, 0.05) is 11.1 Å². The van der Waals surface area contributed by atoms with Gasteiger partial charge in [0.25, 0.3) is 0 Å². The third-order valence-electron chi connectivity index (χ3n) is 5.06. The van der Waals surface area contributed by atoms with Crippen molar-refractivity contribution in [1.29, 1.82) is 10.5 Å². The van der Waals surface area contributed by atoms with E-state index in [1.165, 1.54) is 0 Å². The highest BCUT2D eigenvalue weighted by Crippen LogP contribution is 2.41. The molecule has 2 atom stereocenters. The fourth-order valence-corrected chi connectivity index (χ4v) is 4.09. The Labute approximate surface area is 170 Å². The van der Waals surface area contributed by atoms with E-state index in [2.05, 4.69) is 30.6 Å². The van der Waals surface area contributed by atoms with Crippen molar-refractivity contribution in [3.8, 4) is 12.1 Å². The molecule has 0 radical (unpaired) electrons. The van der Waals surface area contributed by atoms with E-state index in [9.17, 15) is 20.1 Å². The number of nitriles is 2. The third kappa shape index (κ3) is 4.37. The van der Waals surface area contributed by atoms with Gasteiger partial charge in [-0.25, -0.2) is 0 Å². The Balaban J connectivity index is 2.15. The first-order valence-electron chi connectivity index (χ1n) is 9.13. The second kappa shape index (κ2) is 8.95. The van der Waals surface area contributed by atoms with E-state index >= 15 is 0 Å². The van der Waals surface area contributed by atoms with Gasteiger partial charge in [-0.2, -0.15) is 10.5 Å². The first kappa shape index (κ1) is 21.5. The smallest absolute Gasteiger partial charge is 0.243 e. The van der Waals surface area contributed by atoms with Gasteiger partial charge in [-0.05, 0) is 24.0 Å². The second-order valence-electron chi connectivity index (χ2n) is 7.32. The maximum absolute atomic E-state index is 12.5. The molecule has 0 bridgehead atoms. The highest BCUT2D eigenvalue weighted by atomic mass is 32.2. The lowest BCUT2D eigenvalue weighted by molar-refractivity contribution is -0.125. The van der Waals surface area contributed by atoms with E-state index in [1.54, 1.807) is 13.8 Å². The molecule has 1 heterocycles. The SMILES string of the molecule is CC[C@@H](C)c1ccccc1NC(=O)CSC1=C(C#N)C(C)(C)[C@@H](C#N)C(=O)N1. The Morgan fingerprint density at radius 1 is 1.36 bits per heavy atom. The van der Waals surface area contributed by atoms with Crippen molar-refractivity contribution in [2.24, 2.45) is 11.3 Å². The molecule has 0 fully saturated rings. The third-order valence-corrected chi connectivity index (χ3v) is 6.06. The summed E-state index contributed by atoms with van der Waals surface area (Å²) in [7, 11) is 0. The Kier molecular flexibility index (Phi) is 6.88. The van der Waals surface area contributed by atoms with Gasteiger partial charge in [-0.1, -0.05) is 57.7 Å². The molecule has 146 valence electrons. The number of thioether (sulfide) groups is 1. The molecule has 2 amide bonds. The molecule has 1 aliphatic rings. The van der Waals surface area contributed by atoms with E-state index in [-0.39, 0.29) is 11.7 Å². The van der Waals surface area contributed by atoms with Crippen LogP contribution in [-0.2, 0) is 9.59 Å². The number of carbonyl (C=O) groups excluding carboxylic acids is 2. The number of benzene rings is 1. The number of hydrogen-bond donors (Lipinski definition) is 2. The number of hydrogen-bond acceptors (Lipinski definition) is 5. The first-order valence-corrected chi connectivity index (χ1v) is 10.1. The molecule has 0 unspecified atom stereocenters. The summed E-state index contributed by atoms with van der Waals surface area (Å²) in [5, 5.41) is 24.7. The van der Waals surface area contributed by atoms with Gasteiger partial charge < -0.3 is 10.6 Å². The second-order valence-corrected chi connectivity index (χ2v) is 8.31. The van der Waals surface area contributed by atoms with Crippen molar-refractivity contribution >= 4 is 29.3 Å². The largest absolute Gasteiger partial charge is 0.325 e. The molecular weight excluding hydrogens is 372 g/mol. The zero-order valence-electron chi connectivity index (χ0n) is 16.5. The summed E-state index contributed by atoms with van der Waals surface area (Å²) in [4.78, 5) is 24.7. The average Bonchev–Trinajstić information content (AvgIpc) is 2.65. The zero-order valence-corrected chi connectivity index (χ0v) is 17.3. The van der Waals surface area contributed by atoms with Crippen molar-refractivity contribution in [2.45, 2.75) is 40.0 Å². The van der Waals surface area contributed by atoms with Crippen LogP contribution in [-0.4, -0.2) is 17.6 Å². The number of carbonyl (C=O) groups is 2. The molecule has 0 spiro atoms. The summed E-state index contributed by atoms with van der Waals surface area (Å²) in [5.74, 6) is -1.25. The minimum atomic E-state index is -0.942. The first-order chi connectivity index (χ1) is 13.3. The number of nitrogens with zero attached hydrogens (tertiary/aromatic N) is 2. The van der Waals surface area contributed by atoms with Gasteiger partial charge in [-0.15, -0.1) is 0 Å². The quantitative estimate of drug-likeness (QED) is 0.758. The van der Waals surface area contributed by atoms with Crippen LogP contribution in [0, 0.1) is 34.0 Å². The van der Waals surface area contributed by atoms with Crippen LogP contribution in [0.3, 0.4) is 0 Å². The lowest BCUT2D eigenvalue weighted by Gasteiger charge is -2.34. The molecule has 28 heavy (non-hydrogen) atoms. The van der Waals surface area contributed by atoms with Crippen molar-refractivity contribution in [1.82, 2.24) is 5.32 Å². The molecule has 2 N–H and O–H groups in total. The molecule has 1 aromatic carbocycles. The molecule has 0 saturated carbocycles. The monoisotopic (exact) mass is 396 g/mol. The van der Waals surface area contributed by atoms with E-state index < -0.39 is 17.2 Å². The molecule has 1 aromatic rings. The lowest BCUT2D eigenvalue weighted by atomic mass is 9.72. The molecule has 7 heteroatoms. The minimum absolute atomic E-state index is 0.0446.